The Hall–Kier alpha value is -5.38. The summed E-state index contributed by atoms with van der Waals surface area (Å²) in [5, 5.41) is 13.6. The van der Waals surface area contributed by atoms with Crippen LogP contribution in [0.1, 0.15) is 11.1 Å². The topological polar surface area (TPSA) is 8.82 Å². The van der Waals surface area contributed by atoms with Crippen LogP contribution in [0.15, 0.2) is 146 Å². The second kappa shape index (κ2) is 8.84. The van der Waals surface area contributed by atoms with Gasteiger partial charge in [-0.15, -0.1) is 0 Å². The number of fused-ring (bicyclic) bond motifs is 6. The lowest BCUT2D eigenvalue weighted by Crippen LogP contribution is -2.74. The van der Waals surface area contributed by atoms with Gasteiger partial charge in [-0.25, -0.2) is 0 Å². The molecule has 0 aliphatic heterocycles. The van der Waals surface area contributed by atoms with E-state index in [4.69, 9.17) is 0 Å². The van der Waals surface area contributed by atoms with Gasteiger partial charge < -0.3 is 8.80 Å². The summed E-state index contributed by atoms with van der Waals surface area (Å²) < 4.78 is 4.81. The number of para-hydroxylation sites is 2. The standard InChI is InChI=1S/C42H30N2Si/c1-27-25-43-39-21-19-31(23-37(39)35-17-9-15-33(27)41(35)43)45(29-11-5-3-6-12-29,30-13-7-4-8-14-30)32-20-22-40-38(24-32)36-18-10-16-34-28(2)26-44(40)42(34)36/h3-26H,1-2H3. The maximum atomic E-state index is 2.53. The minimum atomic E-state index is -2.76. The molecule has 0 amide bonds. The summed E-state index contributed by atoms with van der Waals surface area (Å²) in [5.41, 5.74) is 7.86. The molecule has 10 rings (SSSR count). The van der Waals surface area contributed by atoms with Crippen LogP contribution in [-0.4, -0.2) is 16.9 Å². The average Bonchev–Trinajstić information content (AvgIpc) is 3.81. The van der Waals surface area contributed by atoms with Crippen LogP contribution in [0.25, 0.3) is 54.4 Å². The molecule has 4 heterocycles. The molecule has 0 bridgehead atoms. The molecule has 0 N–H and O–H groups in total. The van der Waals surface area contributed by atoms with E-state index in [0.717, 1.165) is 0 Å². The highest BCUT2D eigenvalue weighted by Gasteiger charge is 2.42. The Morgan fingerprint density at radius 3 is 1.24 bits per heavy atom. The maximum Gasteiger partial charge on any atom is 0.179 e. The zero-order chi connectivity index (χ0) is 29.9. The van der Waals surface area contributed by atoms with Crippen molar-refractivity contribution in [3.63, 3.8) is 0 Å². The highest BCUT2D eigenvalue weighted by molar-refractivity contribution is 7.20. The van der Waals surface area contributed by atoms with Crippen LogP contribution in [0.3, 0.4) is 0 Å². The Kier molecular flexibility index (Phi) is 4.91. The molecule has 0 radical (unpaired) electrons. The molecule has 0 fully saturated rings. The van der Waals surface area contributed by atoms with Crippen molar-refractivity contribution in [2.24, 2.45) is 0 Å². The molecule has 0 spiro atoms. The van der Waals surface area contributed by atoms with Crippen molar-refractivity contribution in [2.45, 2.75) is 13.8 Å². The molecule has 0 aliphatic carbocycles. The predicted molar refractivity (Wildman–Crippen MR) is 194 cm³/mol. The Morgan fingerprint density at radius 1 is 0.378 bits per heavy atom. The van der Waals surface area contributed by atoms with Gasteiger partial charge in [-0.1, -0.05) is 121 Å². The van der Waals surface area contributed by atoms with E-state index in [1.807, 2.05) is 0 Å². The molecule has 0 aliphatic rings. The first kappa shape index (κ1) is 25.0. The Labute approximate surface area is 262 Å². The monoisotopic (exact) mass is 590 g/mol. The minimum Gasteiger partial charge on any atom is -0.315 e. The molecule has 45 heavy (non-hydrogen) atoms. The van der Waals surface area contributed by atoms with Gasteiger partial charge in [0.25, 0.3) is 0 Å². The fourth-order valence-corrected chi connectivity index (χ4v) is 13.3. The lowest BCUT2D eigenvalue weighted by atomic mass is 10.1. The summed E-state index contributed by atoms with van der Waals surface area (Å²) in [5.74, 6) is 0. The first-order chi connectivity index (χ1) is 22.1. The SMILES string of the molecule is Cc1cn2c3ccc([Si](c4ccccc4)(c4ccccc4)c4ccc5c(c4)c4cccc6c(C)cn5c64)cc3c3cccc1c32. The first-order valence-electron chi connectivity index (χ1n) is 15.8. The number of aryl methyl sites for hydroxylation is 2. The Morgan fingerprint density at radius 2 is 0.800 bits per heavy atom. The maximum absolute atomic E-state index is 2.76. The lowest BCUT2D eigenvalue weighted by molar-refractivity contribution is 1.28. The van der Waals surface area contributed by atoms with Crippen molar-refractivity contribution >= 4 is 83.2 Å². The van der Waals surface area contributed by atoms with Gasteiger partial charge in [0.2, 0.25) is 0 Å². The summed E-state index contributed by atoms with van der Waals surface area (Å²) in [6.07, 6.45) is 4.60. The fourth-order valence-electron chi connectivity index (χ4n) is 8.48. The van der Waals surface area contributed by atoms with Crippen molar-refractivity contribution in [3.8, 4) is 0 Å². The van der Waals surface area contributed by atoms with Gasteiger partial charge in [-0.05, 0) is 57.9 Å². The van der Waals surface area contributed by atoms with Crippen LogP contribution in [0.5, 0.6) is 0 Å². The average molecular weight is 591 g/mol. The summed E-state index contributed by atoms with van der Waals surface area (Å²) in [7, 11) is -2.76. The first-order valence-corrected chi connectivity index (χ1v) is 17.8. The van der Waals surface area contributed by atoms with E-state index in [-0.39, 0.29) is 0 Å². The van der Waals surface area contributed by atoms with Gasteiger partial charge in [-0.3, -0.25) is 0 Å². The van der Waals surface area contributed by atoms with Gasteiger partial charge in [0.15, 0.2) is 8.07 Å². The largest absolute Gasteiger partial charge is 0.315 e. The fraction of sp³-hybridized carbons (Fsp3) is 0.0476. The highest BCUT2D eigenvalue weighted by Crippen LogP contribution is 2.36. The Balaban J connectivity index is 1.35. The molecular weight excluding hydrogens is 561 g/mol. The second-order valence-corrected chi connectivity index (χ2v) is 16.5. The lowest BCUT2D eigenvalue weighted by Gasteiger charge is -2.34. The third kappa shape index (κ3) is 3.13. The zero-order valence-corrected chi connectivity index (χ0v) is 26.3. The van der Waals surface area contributed by atoms with E-state index in [0.29, 0.717) is 0 Å². The van der Waals surface area contributed by atoms with Gasteiger partial charge in [0.05, 0.1) is 22.1 Å². The van der Waals surface area contributed by atoms with Crippen molar-refractivity contribution in [2.75, 3.05) is 0 Å². The summed E-state index contributed by atoms with van der Waals surface area (Å²) in [6, 6.07) is 50.8. The molecule has 3 heteroatoms. The summed E-state index contributed by atoms with van der Waals surface area (Å²) in [6.45, 7) is 4.44. The minimum absolute atomic E-state index is 1.28. The van der Waals surface area contributed by atoms with Crippen molar-refractivity contribution < 1.29 is 0 Å². The molecule has 212 valence electrons. The van der Waals surface area contributed by atoms with E-state index >= 15 is 0 Å². The third-order valence-corrected chi connectivity index (χ3v) is 15.2. The number of hydrogen-bond donors (Lipinski definition) is 0. The van der Waals surface area contributed by atoms with Gasteiger partial charge in [-0.2, -0.15) is 0 Å². The number of hydrogen-bond acceptors (Lipinski definition) is 0. The van der Waals surface area contributed by atoms with Crippen LogP contribution in [-0.2, 0) is 0 Å². The van der Waals surface area contributed by atoms with Crippen molar-refractivity contribution in [1.29, 1.82) is 0 Å². The van der Waals surface area contributed by atoms with Gasteiger partial charge in [0.1, 0.15) is 0 Å². The molecule has 6 aromatic carbocycles. The molecule has 2 nitrogen and oxygen atoms in total. The number of nitrogens with zero attached hydrogens (tertiary/aromatic N) is 2. The molecule has 0 atom stereocenters. The molecular formula is C42H30N2Si. The van der Waals surface area contributed by atoms with Crippen LogP contribution in [0.2, 0.25) is 0 Å². The Bertz CT molecular complexity index is 2520. The molecule has 4 aromatic heterocycles. The van der Waals surface area contributed by atoms with E-state index in [9.17, 15) is 0 Å². The third-order valence-electron chi connectivity index (χ3n) is 10.4. The van der Waals surface area contributed by atoms with Crippen LogP contribution >= 0.6 is 0 Å². The number of rotatable bonds is 4. The molecule has 0 unspecified atom stereocenters. The van der Waals surface area contributed by atoms with Crippen molar-refractivity contribution in [3.05, 3.63) is 157 Å². The summed E-state index contributed by atoms with van der Waals surface area (Å²) in [4.78, 5) is 0. The highest BCUT2D eigenvalue weighted by atomic mass is 28.3. The van der Waals surface area contributed by atoms with Crippen LogP contribution in [0, 0.1) is 13.8 Å². The number of benzene rings is 6. The summed E-state index contributed by atoms with van der Waals surface area (Å²) >= 11 is 0. The van der Waals surface area contributed by atoms with E-state index in [2.05, 4.69) is 169 Å². The molecule has 0 saturated heterocycles. The van der Waals surface area contributed by atoms with Crippen LogP contribution in [0.4, 0.5) is 0 Å². The number of aromatic nitrogens is 2. The predicted octanol–water partition coefficient (Wildman–Crippen LogP) is 7.67. The van der Waals surface area contributed by atoms with E-state index in [1.165, 1.54) is 86.3 Å². The normalized spacial score (nSPS) is 12.7. The second-order valence-electron chi connectivity index (χ2n) is 12.7. The zero-order valence-electron chi connectivity index (χ0n) is 25.3. The quantitative estimate of drug-likeness (QED) is 0.147. The van der Waals surface area contributed by atoms with E-state index in [1.54, 1.807) is 0 Å². The smallest absolute Gasteiger partial charge is 0.179 e. The van der Waals surface area contributed by atoms with Crippen LogP contribution < -0.4 is 20.7 Å². The van der Waals surface area contributed by atoms with Gasteiger partial charge >= 0.3 is 0 Å². The van der Waals surface area contributed by atoms with E-state index < -0.39 is 8.07 Å². The molecule has 10 aromatic rings. The molecule has 0 saturated carbocycles. The van der Waals surface area contributed by atoms with Crippen molar-refractivity contribution in [1.82, 2.24) is 8.80 Å². The van der Waals surface area contributed by atoms with Gasteiger partial charge in [0, 0.05) is 44.7 Å².